The molecule has 0 atom stereocenters. The highest BCUT2D eigenvalue weighted by Crippen LogP contribution is 2.09. The van der Waals surface area contributed by atoms with Gasteiger partial charge in [-0.05, 0) is 44.2 Å². The fraction of sp³-hybridized carbons (Fsp3) is 0.412. The van der Waals surface area contributed by atoms with Gasteiger partial charge >= 0.3 is 0 Å². The standard InChI is InChI=1S/C17H24N2O/c1-14(2)19(3)13-16-7-4-6-15(10-16)11-18-12-17-8-5-9-20-17/h4-10,14,18H,11-13H2,1-3H3. The zero-order chi connectivity index (χ0) is 14.4. The quantitative estimate of drug-likeness (QED) is 0.837. The van der Waals surface area contributed by atoms with Gasteiger partial charge in [-0.2, -0.15) is 0 Å². The molecule has 3 nitrogen and oxygen atoms in total. The van der Waals surface area contributed by atoms with Crippen molar-refractivity contribution in [2.75, 3.05) is 7.05 Å². The van der Waals surface area contributed by atoms with Gasteiger partial charge in [0.2, 0.25) is 0 Å². The lowest BCUT2D eigenvalue weighted by Gasteiger charge is -2.21. The predicted molar refractivity (Wildman–Crippen MR) is 82.3 cm³/mol. The average molecular weight is 272 g/mol. The van der Waals surface area contributed by atoms with Crippen LogP contribution in [0.25, 0.3) is 0 Å². The summed E-state index contributed by atoms with van der Waals surface area (Å²) in [5.41, 5.74) is 2.67. The van der Waals surface area contributed by atoms with Crippen LogP contribution in [0.2, 0.25) is 0 Å². The Hall–Kier alpha value is -1.58. The normalized spacial score (nSPS) is 11.4. The van der Waals surface area contributed by atoms with Crippen molar-refractivity contribution in [3.63, 3.8) is 0 Å². The first-order valence-electron chi connectivity index (χ1n) is 7.16. The molecule has 1 N–H and O–H groups in total. The lowest BCUT2D eigenvalue weighted by atomic mass is 10.1. The van der Waals surface area contributed by atoms with Crippen molar-refractivity contribution in [3.05, 3.63) is 59.5 Å². The van der Waals surface area contributed by atoms with Gasteiger partial charge in [0.25, 0.3) is 0 Å². The number of hydrogen-bond donors (Lipinski definition) is 1. The SMILES string of the molecule is CC(C)N(C)Cc1cccc(CNCc2ccco2)c1. The van der Waals surface area contributed by atoms with E-state index in [1.807, 2.05) is 12.1 Å². The predicted octanol–water partition coefficient (Wildman–Crippen LogP) is 3.41. The van der Waals surface area contributed by atoms with Crippen LogP contribution in [0.5, 0.6) is 0 Å². The zero-order valence-corrected chi connectivity index (χ0v) is 12.6. The molecule has 108 valence electrons. The van der Waals surface area contributed by atoms with E-state index < -0.39 is 0 Å². The Morgan fingerprint density at radius 2 is 1.90 bits per heavy atom. The van der Waals surface area contributed by atoms with Gasteiger partial charge in [0.1, 0.15) is 5.76 Å². The van der Waals surface area contributed by atoms with Crippen molar-refractivity contribution >= 4 is 0 Å². The highest BCUT2D eigenvalue weighted by atomic mass is 16.3. The smallest absolute Gasteiger partial charge is 0.117 e. The number of nitrogens with zero attached hydrogens (tertiary/aromatic N) is 1. The van der Waals surface area contributed by atoms with Gasteiger partial charge in [0.05, 0.1) is 12.8 Å². The molecule has 0 spiro atoms. The summed E-state index contributed by atoms with van der Waals surface area (Å²) in [7, 11) is 2.16. The molecule has 1 aromatic carbocycles. The fourth-order valence-electron chi connectivity index (χ4n) is 2.05. The molecule has 2 rings (SSSR count). The van der Waals surface area contributed by atoms with E-state index in [1.54, 1.807) is 6.26 Å². The van der Waals surface area contributed by atoms with Gasteiger partial charge in [-0.15, -0.1) is 0 Å². The van der Waals surface area contributed by atoms with Crippen molar-refractivity contribution in [3.8, 4) is 0 Å². The summed E-state index contributed by atoms with van der Waals surface area (Å²) in [6.07, 6.45) is 1.71. The molecule has 0 aliphatic heterocycles. The second-order valence-electron chi connectivity index (χ2n) is 5.51. The van der Waals surface area contributed by atoms with Crippen LogP contribution in [0.15, 0.2) is 47.1 Å². The zero-order valence-electron chi connectivity index (χ0n) is 12.6. The van der Waals surface area contributed by atoms with Crippen LogP contribution in [-0.4, -0.2) is 18.0 Å². The van der Waals surface area contributed by atoms with Gasteiger partial charge < -0.3 is 9.73 Å². The van der Waals surface area contributed by atoms with E-state index in [2.05, 4.69) is 55.4 Å². The molecule has 0 bridgehead atoms. The van der Waals surface area contributed by atoms with Crippen molar-refractivity contribution in [1.29, 1.82) is 0 Å². The minimum Gasteiger partial charge on any atom is -0.468 e. The van der Waals surface area contributed by atoms with Crippen molar-refractivity contribution < 1.29 is 4.42 Å². The van der Waals surface area contributed by atoms with E-state index in [1.165, 1.54) is 11.1 Å². The molecule has 20 heavy (non-hydrogen) atoms. The van der Waals surface area contributed by atoms with E-state index in [9.17, 15) is 0 Å². The third-order valence-electron chi connectivity index (χ3n) is 3.51. The number of nitrogens with one attached hydrogen (secondary N) is 1. The Bertz CT molecular complexity index is 505. The maximum Gasteiger partial charge on any atom is 0.117 e. The number of furan rings is 1. The molecule has 0 aliphatic carbocycles. The van der Waals surface area contributed by atoms with Crippen LogP contribution in [0, 0.1) is 0 Å². The average Bonchev–Trinajstić information content (AvgIpc) is 2.92. The summed E-state index contributed by atoms with van der Waals surface area (Å²) in [4.78, 5) is 2.34. The molecule has 0 aliphatic rings. The van der Waals surface area contributed by atoms with Gasteiger partial charge in [-0.25, -0.2) is 0 Å². The maximum absolute atomic E-state index is 5.30. The number of benzene rings is 1. The maximum atomic E-state index is 5.30. The van der Waals surface area contributed by atoms with Gasteiger partial charge in [0.15, 0.2) is 0 Å². The Morgan fingerprint density at radius 3 is 2.60 bits per heavy atom. The molecule has 1 heterocycles. The summed E-state index contributed by atoms with van der Waals surface area (Å²) in [5.74, 6) is 0.973. The van der Waals surface area contributed by atoms with Gasteiger partial charge in [-0.1, -0.05) is 24.3 Å². The minimum absolute atomic E-state index is 0.565. The van der Waals surface area contributed by atoms with E-state index in [0.717, 1.165) is 25.4 Å². The topological polar surface area (TPSA) is 28.4 Å². The van der Waals surface area contributed by atoms with Gasteiger partial charge in [-0.3, -0.25) is 4.90 Å². The summed E-state index contributed by atoms with van der Waals surface area (Å²) in [5, 5.41) is 3.40. The number of hydrogen-bond acceptors (Lipinski definition) is 3. The molecule has 0 saturated heterocycles. The minimum atomic E-state index is 0.565. The first-order chi connectivity index (χ1) is 9.65. The van der Waals surface area contributed by atoms with E-state index in [0.29, 0.717) is 6.04 Å². The Morgan fingerprint density at radius 1 is 1.10 bits per heavy atom. The van der Waals surface area contributed by atoms with Crippen LogP contribution < -0.4 is 5.32 Å². The first kappa shape index (κ1) is 14.8. The summed E-state index contributed by atoms with van der Waals surface area (Å²) < 4.78 is 5.30. The molecule has 0 unspecified atom stereocenters. The summed E-state index contributed by atoms with van der Waals surface area (Å²) >= 11 is 0. The number of rotatable bonds is 7. The lowest BCUT2D eigenvalue weighted by molar-refractivity contribution is 0.266. The highest BCUT2D eigenvalue weighted by molar-refractivity contribution is 5.23. The fourth-order valence-corrected chi connectivity index (χ4v) is 2.05. The molecule has 2 aromatic rings. The van der Waals surface area contributed by atoms with E-state index >= 15 is 0 Å². The van der Waals surface area contributed by atoms with Gasteiger partial charge in [0, 0.05) is 19.1 Å². The molecule has 0 amide bonds. The van der Waals surface area contributed by atoms with Crippen LogP contribution in [-0.2, 0) is 19.6 Å². The summed E-state index contributed by atoms with van der Waals surface area (Å²) in [6, 6.07) is 13.2. The Balaban J connectivity index is 1.86. The lowest BCUT2D eigenvalue weighted by Crippen LogP contribution is -2.25. The molecular weight excluding hydrogens is 248 g/mol. The second kappa shape index (κ2) is 7.27. The van der Waals surface area contributed by atoms with Crippen molar-refractivity contribution in [2.24, 2.45) is 0 Å². The molecule has 1 aromatic heterocycles. The van der Waals surface area contributed by atoms with Crippen molar-refractivity contribution in [2.45, 2.75) is 39.5 Å². The third kappa shape index (κ3) is 4.51. The van der Waals surface area contributed by atoms with E-state index in [4.69, 9.17) is 4.42 Å². The third-order valence-corrected chi connectivity index (χ3v) is 3.51. The van der Waals surface area contributed by atoms with Crippen molar-refractivity contribution in [1.82, 2.24) is 10.2 Å². The Kier molecular flexibility index (Phi) is 5.39. The summed E-state index contributed by atoms with van der Waals surface area (Å²) in [6.45, 7) is 7.05. The molecule has 3 heteroatoms. The highest BCUT2D eigenvalue weighted by Gasteiger charge is 2.04. The van der Waals surface area contributed by atoms with Crippen LogP contribution >= 0.6 is 0 Å². The molecule has 0 fully saturated rings. The van der Waals surface area contributed by atoms with E-state index in [-0.39, 0.29) is 0 Å². The largest absolute Gasteiger partial charge is 0.468 e. The molecule has 0 saturated carbocycles. The van der Waals surface area contributed by atoms with Crippen LogP contribution in [0.4, 0.5) is 0 Å². The molecule has 0 radical (unpaired) electrons. The van der Waals surface area contributed by atoms with Crippen LogP contribution in [0.3, 0.4) is 0 Å². The monoisotopic (exact) mass is 272 g/mol. The first-order valence-corrected chi connectivity index (χ1v) is 7.16. The second-order valence-corrected chi connectivity index (χ2v) is 5.51. The van der Waals surface area contributed by atoms with Crippen LogP contribution in [0.1, 0.15) is 30.7 Å². The Labute approximate surface area is 121 Å². The molecular formula is C17H24N2O.